The molecule has 3 aromatic rings. The van der Waals surface area contributed by atoms with Crippen LogP contribution >= 0.6 is 12.2 Å². The first-order valence-corrected chi connectivity index (χ1v) is 11.5. The molecule has 0 aliphatic carbocycles. The minimum Gasteiger partial charge on any atom is -0.318 e. The highest BCUT2D eigenvalue weighted by Gasteiger charge is 2.38. The van der Waals surface area contributed by atoms with E-state index in [0.717, 1.165) is 28.2 Å². The number of amides is 2. The summed E-state index contributed by atoms with van der Waals surface area (Å²) < 4.78 is 2.14. The molecule has 0 radical (unpaired) electrons. The maximum absolute atomic E-state index is 13.0. The number of hydrogen-bond acceptors (Lipinski definition) is 3. The van der Waals surface area contributed by atoms with Crippen molar-refractivity contribution < 1.29 is 9.59 Å². The van der Waals surface area contributed by atoms with Crippen LogP contribution in [-0.2, 0) is 9.59 Å². The summed E-state index contributed by atoms with van der Waals surface area (Å²) in [6, 6.07) is 20.7. The van der Waals surface area contributed by atoms with Gasteiger partial charge in [0.2, 0.25) is 0 Å². The normalized spacial score (nSPS) is 14.3. The molecule has 2 amide bonds. The van der Waals surface area contributed by atoms with Crippen LogP contribution in [0.1, 0.15) is 30.8 Å². The Morgan fingerprint density at radius 2 is 1.36 bits per heavy atom. The fraction of sp³-hybridized carbons (Fsp3) is 0.222. The lowest BCUT2D eigenvalue weighted by atomic mass is 10.1. The van der Waals surface area contributed by atoms with E-state index in [1.54, 1.807) is 6.08 Å². The van der Waals surface area contributed by atoms with Crippen LogP contribution < -0.4 is 0 Å². The van der Waals surface area contributed by atoms with Gasteiger partial charge in [-0.2, -0.15) is 0 Å². The molecule has 1 saturated heterocycles. The number of carbonyl (C=O) groups is 2. The molecule has 6 heteroatoms. The van der Waals surface area contributed by atoms with Gasteiger partial charge in [-0.3, -0.25) is 19.4 Å². The van der Waals surface area contributed by atoms with Gasteiger partial charge in [-0.25, -0.2) is 0 Å². The van der Waals surface area contributed by atoms with Crippen LogP contribution in [0.2, 0.25) is 0 Å². The number of thiocarbonyl (C=S) groups is 1. The van der Waals surface area contributed by atoms with E-state index in [1.165, 1.54) is 15.4 Å². The van der Waals surface area contributed by atoms with Gasteiger partial charge in [-0.15, -0.1) is 0 Å². The van der Waals surface area contributed by atoms with Crippen molar-refractivity contribution in [3.05, 3.63) is 83.2 Å². The molecule has 0 saturated carbocycles. The van der Waals surface area contributed by atoms with E-state index in [0.29, 0.717) is 13.1 Å². The van der Waals surface area contributed by atoms with Gasteiger partial charge in [0.15, 0.2) is 5.11 Å². The second-order valence-electron chi connectivity index (χ2n) is 8.01. The Kier molecular flexibility index (Phi) is 6.29. The number of aromatic nitrogens is 1. The summed E-state index contributed by atoms with van der Waals surface area (Å²) in [4.78, 5) is 29.0. The van der Waals surface area contributed by atoms with Crippen molar-refractivity contribution in [2.75, 3.05) is 13.1 Å². The van der Waals surface area contributed by atoms with E-state index in [4.69, 9.17) is 12.2 Å². The molecule has 2 heterocycles. The molecule has 33 heavy (non-hydrogen) atoms. The molecule has 168 valence electrons. The summed E-state index contributed by atoms with van der Waals surface area (Å²) >= 11 is 5.36. The first-order valence-electron chi connectivity index (χ1n) is 11.1. The quantitative estimate of drug-likeness (QED) is 0.303. The lowest BCUT2D eigenvalue weighted by molar-refractivity contribution is -0.133. The highest BCUT2D eigenvalue weighted by Crippen LogP contribution is 2.27. The van der Waals surface area contributed by atoms with Crippen molar-refractivity contribution in [3.63, 3.8) is 0 Å². The molecular weight excluding hydrogens is 430 g/mol. The third kappa shape index (κ3) is 4.02. The van der Waals surface area contributed by atoms with Gasteiger partial charge >= 0.3 is 0 Å². The third-order valence-corrected chi connectivity index (χ3v) is 6.49. The Hall–Kier alpha value is -3.51. The molecule has 0 atom stereocenters. The molecule has 5 nitrogen and oxygen atoms in total. The van der Waals surface area contributed by atoms with Crippen LogP contribution in [0.25, 0.3) is 22.9 Å². The summed E-state index contributed by atoms with van der Waals surface area (Å²) in [6.45, 7) is 8.59. The predicted octanol–water partition coefficient (Wildman–Crippen LogP) is 5.14. The second kappa shape index (κ2) is 9.16. The average Bonchev–Trinajstić information content (AvgIpc) is 3.10. The number of nitrogens with zero attached hydrogens (tertiary/aromatic N) is 3. The molecular formula is C27H27N3O2S. The van der Waals surface area contributed by atoms with E-state index in [-0.39, 0.29) is 22.5 Å². The van der Waals surface area contributed by atoms with Gasteiger partial charge in [0.25, 0.3) is 11.8 Å². The highest BCUT2D eigenvalue weighted by molar-refractivity contribution is 7.80. The summed E-state index contributed by atoms with van der Waals surface area (Å²) in [7, 11) is 0. The van der Waals surface area contributed by atoms with Gasteiger partial charge < -0.3 is 4.57 Å². The molecule has 0 N–H and O–H groups in total. The number of benzene rings is 2. The fourth-order valence-electron chi connectivity index (χ4n) is 4.30. The van der Waals surface area contributed by atoms with Gasteiger partial charge in [-0.05, 0) is 80.9 Å². The lowest BCUT2D eigenvalue weighted by Crippen LogP contribution is -2.55. The Morgan fingerprint density at radius 1 is 0.818 bits per heavy atom. The van der Waals surface area contributed by atoms with E-state index in [1.807, 2.05) is 52.0 Å². The molecule has 1 aliphatic heterocycles. The molecule has 2 aromatic carbocycles. The minimum absolute atomic E-state index is 0.145. The summed E-state index contributed by atoms with van der Waals surface area (Å²) in [5, 5.41) is 0.274. The maximum Gasteiger partial charge on any atom is 0.265 e. The summed E-state index contributed by atoms with van der Waals surface area (Å²) in [5.41, 5.74) is 6.33. The van der Waals surface area contributed by atoms with E-state index in [9.17, 15) is 9.59 Å². The van der Waals surface area contributed by atoms with E-state index < -0.39 is 0 Å². The number of hydrogen-bond donors (Lipinski definition) is 0. The smallest absolute Gasteiger partial charge is 0.265 e. The Balaban J connectivity index is 1.72. The van der Waals surface area contributed by atoms with Crippen LogP contribution in [0.5, 0.6) is 0 Å². The highest BCUT2D eigenvalue weighted by atomic mass is 32.1. The zero-order valence-corrected chi connectivity index (χ0v) is 20.1. The average molecular weight is 458 g/mol. The summed E-state index contributed by atoms with van der Waals surface area (Å²) in [6.07, 6.45) is 1.70. The van der Waals surface area contributed by atoms with Crippen LogP contribution in [0.3, 0.4) is 0 Å². The fourth-order valence-corrected chi connectivity index (χ4v) is 4.73. The van der Waals surface area contributed by atoms with Crippen molar-refractivity contribution in [2.24, 2.45) is 0 Å². The number of aryl methyl sites for hydroxylation is 1. The zero-order chi connectivity index (χ0) is 23.7. The van der Waals surface area contributed by atoms with Crippen LogP contribution in [-0.4, -0.2) is 44.4 Å². The van der Waals surface area contributed by atoms with Crippen LogP contribution in [0.15, 0.2) is 66.2 Å². The summed E-state index contributed by atoms with van der Waals surface area (Å²) in [5.74, 6) is -0.677. The molecule has 1 aliphatic rings. The van der Waals surface area contributed by atoms with Gasteiger partial charge in [0, 0.05) is 30.2 Å². The Bertz CT molecular complexity index is 1230. The van der Waals surface area contributed by atoms with Crippen molar-refractivity contribution in [1.29, 1.82) is 0 Å². The Morgan fingerprint density at radius 3 is 1.91 bits per heavy atom. The number of likely N-dealkylation sites (N-methyl/N-ethyl adjacent to an activating group) is 2. The van der Waals surface area contributed by atoms with Crippen LogP contribution in [0, 0.1) is 13.8 Å². The van der Waals surface area contributed by atoms with E-state index in [2.05, 4.69) is 41.0 Å². The maximum atomic E-state index is 13.0. The molecule has 0 spiro atoms. The standard InChI is InChI=1S/C27H27N3O2S/c1-5-28-25(31)24(26(32)29(6-2)27(28)33)17-22-16-18(3)30(19(22)4)23-14-12-21(13-15-23)20-10-8-7-9-11-20/h7-17H,5-6H2,1-4H3. The molecule has 0 bridgehead atoms. The minimum atomic E-state index is -0.339. The van der Waals surface area contributed by atoms with Crippen molar-refractivity contribution in [2.45, 2.75) is 27.7 Å². The molecule has 1 aromatic heterocycles. The monoisotopic (exact) mass is 457 g/mol. The Labute approximate surface area is 199 Å². The SMILES string of the molecule is CCN1C(=O)C(=Cc2cc(C)n(-c3ccc(-c4ccccc4)cc3)c2C)C(=O)N(CC)C1=S. The molecule has 1 fully saturated rings. The van der Waals surface area contributed by atoms with Gasteiger partial charge in [-0.1, -0.05) is 42.5 Å². The van der Waals surface area contributed by atoms with Crippen molar-refractivity contribution in [1.82, 2.24) is 14.4 Å². The first-order chi connectivity index (χ1) is 15.9. The van der Waals surface area contributed by atoms with Crippen molar-refractivity contribution >= 4 is 35.2 Å². The van der Waals surface area contributed by atoms with E-state index >= 15 is 0 Å². The number of carbonyl (C=O) groups excluding carboxylic acids is 2. The van der Waals surface area contributed by atoms with Gasteiger partial charge in [0.1, 0.15) is 5.57 Å². The zero-order valence-electron chi connectivity index (χ0n) is 19.3. The number of rotatable bonds is 5. The first kappa shape index (κ1) is 22.7. The molecule has 0 unspecified atom stereocenters. The lowest BCUT2D eigenvalue weighted by Gasteiger charge is -2.35. The predicted molar refractivity (Wildman–Crippen MR) is 136 cm³/mol. The second-order valence-corrected chi connectivity index (χ2v) is 8.38. The van der Waals surface area contributed by atoms with Gasteiger partial charge in [0.05, 0.1) is 0 Å². The molecule has 4 rings (SSSR count). The largest absolute Gasteiger partial charge is 0.318 e. The van der Waals surface area contributed by atoms with Crippen LogP contribution in [0.4, 0.5) is 0 Å². The topological polar surface area (TPSA) is 45.6 Å². The van der Waals surface area contributed by atoms with Crippen molar-refractivity contribution in [3.8, 4) is 16.8 Å². The third-order valence-electron chi connectivity index (χ3n) is 6.05.